The van der Waals surface area contributed by atoms with Gasteiger partial charge in [0.25, 0.3) is 5.91 Å². The Kier molecular flexibility index (Phi) is 6.66. The third-order valence-electron chi connectivity index (χ3n) is 4.89. The number of hydrogen-bond donors (Lipinski definition) is 1. The number of anilines is 1. The van der Waals surface area contributed by atoms with Crippen LogP contribution in [-0.2, 0) is 4.79 Å². The fourth-order valence-corrected chi connectivity index (χ4v) is 3.43. The molecule has 0 saturated carbocycles. The molecule has 0 spiro atoms. The van der Waals surface area contributed by atoms with Gasteiger partial charge in [0.05, 0.1) is 19.3 Å². The average Bonchev–Trinajstić information content (AvgIpc) is 2.93. The maximum atomic E-state index is 12.8. The van der Waals surface area contributed by atoms with Crippen LogP contribution in [0.4, 0.5) is 5.69 Å². The third-order valence-corrected chi connectivity index (χ3v) is 4.89. The molecule has 3 rings (SSSR count). The van der Waals surface area contributed by atoms with E-state index in [2.05, 4.69) is 10.2 Å². The van der Waals surface area contributed by atoms with E-state index < -0.39 is 0 Å². The van der Waals surface area contributed by atoms with Gasteiger partial charge in [-0.15, -0.1) is 0 Å². The number of rotatable bonds is 5. The second-order valence-corrected chi connectivity index (χ2v) is 7.04. The van der Waals surface area contributed by atoms with Gasteiger partial charge in [0.2, 0.25) is 5.91 Å². The van der Waals surface area contributed by atoms with Gasteiger partial charge in [-0.3, -0.25) is 14.5 Å². The van der Waals surface area contributed by atoms with E-state index in [1.807, 2.05) is 60.4 Å². The Morgan fingerprint density at radius 2 is 1.86 bits per heavy atom. The molecule has 2 amide bonds. The SMILES string of the molecule is COc1ccccc1NC(=O)CN1CCCN(C(=O)c2cccc(C)c2)CC1. The molecule has 28 heavy (non-hydrogen) atoms. The number of hydrogen-bond acceptors (Lipinski definition) is 4. The summed E-state index contributed by atoms with van der Waals surface area (Å²) < 4.78 is 5.27. The highest BCUT2D eigenvalue weighted by Gasteiger charge is 2.21. The zero-order valence-corrected chi connectivity index (χ0v) is 16.5. The lowest BCUT2D eigenvalue weighted by Gasteiger charge is -2.22. The topological polar surface area (TPSA) is 61.9 Å². The van der Waals surface area contributed by atoms with Crippen molar-refractivity contribution in [3.63, 3.8) is 0 Å². The highest BCUT2D eigenvalue weighted by molar-refractivity contribution is 5.95. The van der Waals surface area contributed by atoms with E-state index in [9.17, 15) is 9.59 Å². The smallest absolute Gasteiger partial charge is 0.253 e. The van der Waals surface area contributed by atoms with Crippen molar-refractivity contribution < 1.29 is 14.3 Å². The van der Waals surface area contributed by atoms with Crippen molar-refractivity contribution in [2.24, 2.45) is 0 Å². The first-order valence-corrected chi connectivity index (χ1v) is 9.58. The van der Waals surface area contributed by atoms with Gasteiger partial charge in [0.15, 0.2) is 0 Å². The van der Waals surface area contributed by atoms with Gasteiger partial charge in [-0.2, -0.15) is 0 Å². The van der Waals surface area contributed by atoms with Crippen molar-refractivity contribution in [1.29, 1.82) is 0 Å². The molecule has 1 aliphatic rings. The Morgan fingerprint density at radius 1 is 1.04 bits per heavy atom. The minimum Gasteiger partial charge on any atom is -0.495 e. The van der Waals surface area contributed by atoms with E-state index in [4.69, 9.17) is 4.74 Å². The number of nitrogens with zero attached hydrogens (tertiary/aromatic N) is 2. The number of aryl methyl sites for hydroxylation is 1. The molecule has 1 aliphatic heterocycles. The van der Waals surface area contributed by atoms with E-state index in [0.717, 1.165) is 24.1 Å². The molecule has 2 aromatic rings. The highest BCUT2D eigenvalue weighted by Crippen LogP contribution is 2.23. The summed E-state index contributed by atoms with van der Waals surface area (Å²) >= 11 is 0. The molecule has 6 heteroatoms. The summed E-state index contributed by atoms with van der Waals surface area (Å²) in [6.07, 6.45) is 0.847. The molecule has 0 aromatic heterocycles. The van der Waals surface area contributed by atoms with Crippen LogP contribution in [0.1, 0.15) is 22.3 Å². The molecule has 1 N–H and O–H groups in total. The molecule has 148 valence electrons. The van der Waals surface area contributed by atoms with Crippen LogP contribution in [0.2, 0.25) is 0 Å². The maximum absolute atomic E-state index is 12.8. The van der Waals surface area contributed by atoms with Crippen molar-refractivity contribution in [2.45, 2.75) is 13.3 Å². The fourth-order valence-electron chi connectivity index (χ4n) is 3.43. The Hall–Kier alpha value is -2.86. The number of nitrogens with one attached hydrogen (secondary N) is 1. The number of carbonyl (C=O) groups is 2. The van der Waals surface area contributed by atoms with Gasteiger partial charge in [0.1, 0.15) is 5.75 Å². The van der Waals surface area contributed by atoms with Gasteiger partial charge in [0, 0.05) is 31.7 Å². The summed E-state index contributed by atoms with van der Waals surface area (Å²) in [6, 6.07) is 15.0. The van der Waals surface area contributed by atoms with Crippen LogP contribution < -0.4 is 10.1 Å². The molecule has 0 radical (unpaired) electrons. The maximum Gasteiger partial charge on any atom is 0.253 e. The van der Waals surface area contributed by atoms with Gasteiger partial charge >= 0.3 is 0 Å². The van der Waals surface area contributed by atoms with Crippen LogP contribution >= 0.6 is 0 Å². The second kappa shape index (κ2) is 9.37. The van der Waals surface area contributed by atoms with Crippen molar-refractivity contribution in [1.82, 2.24) is 9.80 Å². The molecule has 6 nitrogen and oxygen atoms in total. The predicted molar refractivity (Wildman–Crippen MR) is 110 cm³/mol. The summed E-state index contributed by atoms with van der Waals surface area (Å²) in [5, 5.41) is 2.91. The summed E-state index contributed by atoms with van der Waals surface area (Å²) in [7, 11) is 1.58. The summed E-state index contributed by atoms with van der Waals surface area (Å²) in [5.41, 5.74) is 2.47. The lowest BCUT2D eigenvalue weighted by atomic mass is 10.1. The van der Waals surface area contributed by atoms with Crippen LogP contribution in [0.3, 0.4) is 0 Å². The molecule has 0 atom stereocenters. The molecule has 2 aromatic carbocycles. The van der Waals surface area contributed by atoms with Gasteiger partial charge in [-0.1, -0.05) is 29.8 Å². The molecular weight excluding hydrogens is 354 g/mol. The lowest BCUT2D eigenvalue weighted by molar-refractivity contribution is -0.117. The average molecular weight is 381 g/mol. The van der Waals surface area contributed by atoms with Crippen LogP contribution in [0.25, 0.3) is 0 Å². The Balaban J connectivity index is 1.55. The lowest BCUT2D eigenvalue weighted by Crippen LogP contribution is -2.38. The van der Waals surface area contributed by atoms with E-state index in [1.54, 1.807) is 7.11 Å². The first kappa shape index (κ1) is 19.9. The van der Waals surface area contributed by atoms with Crippen molar-refractivity contribution >= 4 is 17.5 Å². The van der Waals surface area contributed by atoms with Crippen molar-refractivity contribution in [2.75, 3.05) is 45.2 Å². The van der Waals surface area contributed by atoms with Gasteiger partial charge in [-0.25, -0.2) is 0 Å². The van der Waals surface area contributed by atoms with Crippen LogP contribution in [-0.4, -0.2) is 61.4 Å². The van der Waals surface area contributed by atoms with E-state index in [0.29, 0.717) is 37.6 Å². The Bertz CT molecular complexity index is 837. The third kappa shape index (κ3) is 5.10. The zero-order chi connectivity index (χ0) is 19.9. The van der Waals surface area contributed by atoms with Crippen LogP contribution in [0.15, 0.2) is 48.5 Å². The number of amides is 2. The monoisotopic (exact) mass is 381 g/mol. The number of benzene rings is 2. The fraction of sp³-hybridized carbons (Fsp3) is 0.364. The standard InChI is InChI=1S/C22H27N3O3/c1-17-7-5-8-18(15-17)22(27)25-12-6-11-24(13-14-25)16-21(26)23-19-9-3-4-10-20(19)28-2/h3-5,7-10,15H,6,11-14,16H2,1-2H3,(H,23,26). The van der Waals surface area contributed by atoms with Gasteiger partial charge in [-0.05, 0) is 37.6 Å². The molecule has 1 fully saturated rings. The minimum atomic E-state index is -0.0806. The van der Waals surface area contributed by atoms with Crippen LogP contribution in [0, 0.1) is 6.92 Å². The summed E-state index contributed by atoms with van der Waals surface area (Å²) in [4.78, 5) is 29.2. The second-order valence-electron chi connectivity index (χ2n) is 7.04. The van der Waals surface area contributed by atoms with E-state index in [1.165, 1.54) is 0 Å². The van der Waals surface area contributed by atoms with Gasteiger partial charge < -0.3 is 15.0 Å². The number of ether oxygens (including phenoxy) is 1. The Labute approximate surface area is 166 Å². The van der Waals surface area contributed by atoms with Crippen molar-refractivity contribution in [3.8, 4) is 5.75 Å². The van der Waals surface area contributed by atoms with E-state index in [-0.39, 0.29) is 11.8 Å². The van der Waals surface area contributed by atoms with Crippen molar-refractivity contribution in [3.05, 3.63) is 59.7 Å². The number of methoxy groups -OCH3 is 1. The normalized spacial score (nSPS) is 15.0. The summed E-state index contributed by atoms with van der Waals surface area (Å²) in [5.74, 6) is 0.619. The molecule has 0 bridgehead atoms. The largest absolute Gasteiger partial charge is 0.495 e. The molecule has 1 saturated heterocycles. The van der Waals surface area contributed by atoms with E-state index >= 15 is 0 Å². The first-order chi connectivity index (χ1) is 13.6. The van der Waals surface area contributed by atoms with Crippen LogP contribution in [0.5, 0.6) is 5.75 Å². The minimum absolute atomic E-state index is 0.0593. The molecule has 1 heterocycles. The highest BCUT2D eigenvalue weighted by atomic mass is 16.5. The quantitative estimate of drug-likeness (QED) is 0.865. The zero-order valence-electron chi connectivity index (χ0n) is 16.5. The predicted octanol–water partition coefficient (Wildman–Crippen LogP) is 2.79. The first-order valence-electron chi connectivity index (χ1n) is 9.58. The Morgan fingerprint density at radius 3 is 2.64 bits per heavy atom. The molecular formula is C22H27N3O3. The number of carbonyl (C=O) groups excluding carboxylic acids is 2. The molecule has 0 aliphatic carbocycles. The molecule has 0 unspecified atom stereocenters. The number of para-hydroxylation sites is 2. The summed E-state index contributed by atoms with van der Waals surface area (Å²) in [6.45, 7) is 5.08.